The van der Waals surface area contributed by atoms with E-state index in [0.29, 0.717) is 17.3 Å². The van der Waals surface area contributed by atoms with Crippen LogP contribution in [0, 0.1) is 6.92 Å². The van der Waals surface area contributed by atoms with Gasteiger partial charge in [-0.05, 0) is 37.5 Å². The minimum atomic E-state index is -0.221. The third-order valence-corrected chi connectivity index (χ3v) is 4.44. The van der Waals surface area contributed by atoms with Crippen LogP contribution >= 0.6 is 0 Å². The van der Waals surface area contributed by atoms with Crippen molar-refractivity contribution in [2.75, 3.05) is 23.7 Å². The second-order valence-electron chi connectivity index (χ2n) is 6.29. The predicted octanol–water partition coefficient (Wildman–Crippen LogP) is 2.12. The molecule has 1 aliphatic rings. The van der Waals surface area contributed by atoms with Crippen LogP contribution in [-0.4, -0.2) is 44.2 Å². The van der Waals surface area contributed by atoms with Gasteiger partial charge in [-0.15, -0.1) is 0 Å². The van der Waals surface area contributed by atoms with Crippen molar-refractivity contribution >= 4 is 22.7 Å². The largest absolute Gasteiger partial charge is 0.393 e. The van der Waals surface area contributed by atoms with Gasteiger partial charge in [-0.3, -0.25) is 0 Å². The Morgan fingerprint density at radius 2 is 2.08 bits per heavy atom. The molecule has 0 atom stereocenters. The maximum Gasteiger partial charge on any atom is 0.161 e. The Morgan fingerprint density at radius 1 is 1.29 bits per heavy atom. The number of benzene rings is 1. The molecule has 2 aromatic heterocycles. The van der Waals surface area contributed by atoms with Crippen molar-refractivity contribution in [3.05, 3.63) is 30.0 Å². The summed E-state index contributed by atoms with van der Waals surface area (Å²) in [7, 11) is 0. The van der Waals surface area contributed by atoms with Gasteiger partial charge in [-0.2, -0.15) is 0 Å². The van der Waals surface area contributed by atoms with Gasteiger partial charge in [0.05, 0.1) is 23.3 Å². The summed E-state index contributed by atoms with van der Waals surface area (Å²) in [6.07, 6.45) is 2.95. The van der Waals surface area contributed by atoms with Crippen molar-refractivity contribution < 1.29 is 6.53 Å². The van der Waals surface area contributed by atoms with Crippen molar-refractivity contribution in [1.82, 2.24) is 19.9 Å². The molecule has 1 aromatic carbocycles. The van der Waals surface area contributed by atoms with Gasteiger partial charge in [0, 0.05) is 14.5 Å². The zero-order valence-electron chi connectivity index (χ0n) is 13.5. The Labute approximate surface area is 141 Å². The molecule has 0 aliphatic carbocycles. The molecule has 0 amide bonds. The molecule has 4 N–H and O–H groups in total. The van der Waals surface area contributed by atoms with E-state index in [1.54, 1.807) is 6.20 Å². The lowest BCUT2D eigenvalue weighted by atomic mass is 10.1. The lowest BCUT2D eigenvalue weighted by Gasteiger charge is -2.30. The van der Waals surface area contributed by atoms with E-state index in [0.717, 1.165) is 48.3 Å². The van der Waals surface area contributed by atoms with Crippen LogP contribution in [0.25, 0.3) is 22.6 Å². The van der Waals surface area contributed by atoms with Crippen LogP contribution in [0.4, 0.5) is 11.6 Å². The summed E-state index contributed by atoms with van der Waals surface area (Å²) >= 11 is 0. The Bertz CT molecular complexity index is 888. The van der Waals surface area contributed by atoms with Crippen LogP contribution in [0.2, 0.25) is 0 Å². The van der Waals surface area contributed by atoms with E-state index in [-0.39, 0.29) is 7.53 Å². The highest BCUT2D eigenvalue weighted by molar-refractivity contribution is 5.81. The molecular weight excluding hydrogens is 304 g/mol. The molecule has 0 unspecified atom stereocenters. The number of aliphatic hydroxyl groups excluding tert-OH is 1. The zero-order valence-corrected chi connectivity index (χ0v) is 13.5. The van der Waals surface area contributed by atoms with Crippen molar-refractivity contribution in [2.24, 2.45) is 0 Å². The summed E-state index contributed by atoms with van der Waals surface area (Å²) in [5.41, 5.74) is 9.59. The fourth-order valence-electron chi connectivity index (χ4n) is 3.05. The number of imidazole rings is 1. The SMILES string of the molecule is Cc1ccc2nc(-c3nc(N4CCC(O)CC4)cnc3N)[nH]c2c1.[HH]. The first-order chi connectivity index (χ1) is 11.6. The monoisotopic (exact) mass is 326 g/mol. The number of rotatable bonds is 2. The molecule has 1 saturated heterocycles. The number of aromatic amines is 1. The number of anilines is 2. The highest BCUT2D eigenvalue weighted by atomic mass is 16.3. The van der Waals surface area contributed by atoms with E-state index in [4.69, 9.17) is 5.73 Å². The first-order valence-electron chi connectivity index (χ1n) is 8.12. The van der Waals surface area contributed by atoms with Crippen LogP contribution in [0.5, 0.6) is 0 Å². The molecule has 0 radical (unpaired) electrons. The Morgan fingerprint density at radius 3 is 2.88 bits per heavy atom. The topological polar surface area (TPSA) is 104 Å². The van der Waals surface area contributed by atoms with Crippen LogP contribution in [-0.2, 0) is 0 Å². The maximum atomic E-state index is 9.66. The minimum absolute atomic E-state index is 0. The van der Waals surface area contributed by atoms with E-state index < -0.39 is 0 Å². The van der Waals surface area contributed by atoms with Crippen molar-refractivity contribution in [2.45, 2.75) is 25.9 Å². The number of hydrogen-bond acceptors (Lipinski definition) is 6. The lowest BCUT2D eigenvalue weighted by molar-refractivity contribution is 0.145. The molecule has 7 nitrogen and oxygen atoms in total. The molecule has 3 heterocycles. The van der Waals surface area contributed by atoms with E-state index in [2.05, 4.69) is 24.8 Å². The molecule has 7 heteroatoms. The number of nitrogen functional groups attached to an aromatic ring is 1. The number of piperidine rings is 1. The Hall–Kier alpha value is -2.67. The standard InChI is InChI=1S/C17H20N6O.H2/c1-10-2-3-12-13(8-10)21-17(20-12)15-16(18)19-9-14(22-15)23-6-4-11(24)5-7-23;/h2-3,8-9,11,24H,4-7H2,1H3,(H2,18,19)(H,20,21);1H. The second-order valence-corrected chi connectivity index (χ2v) is 6.29. The van der Waals surface area contributed by atoms with Crippen molar-refractivity contribution in [1.29, 1.82) is 0 Å². The number of nitrogens with zero attached hydrogens (tertiary/aromatic N) is 4. The summed E-state index contributed by atoms with van der Waals surface area (Å²) in [5.74, 6) is 1.74. The van der Waals surface area contributed by atoms with Crippen LogP contribution < -0.4 is 10.6 Å². The molecule has 0 saturated carbocycles. The van der Waals surface area contributed by atoms with Gasteiger partial charge < -0.3 is 20.7 Å². The third kappa shape index (κ3) is 2.67. The van der Waals surface area contributed by atoms with Gasteiger partial charge in [0.2, 0.25) is 0 Å². The van der Waals surface area contributed by atoms with Gasteiger partial charge in [0.15, 0.2) is 17.3 Å². The minimum Gasteiger partial charge on any atom is -0.393 e. The maximum absolute atomic E-state index is 9.66. The highest BCUT2D eigenvalue weighted by Gasteiger charge is 2.20. The predicted molar refractivity (Wildman–Crippen MR) is 95.8 cm³/mol. The third-order valence-electron chi connectivity index (χ3n) is 4.44. The molecule has 1 fully saturated rings. The molecule has 4 rings (SSSR count). The van der Waals surface area contributed by atoms with Crippen LogP contribution in [0.3, 0.4) is 0 Å². The number of nitrogens with two attached hydrogens (primary N) is 1. The molecule has 1 aliphatic heterocycles. The average molecular weight is 326 g/mol. The van der Waals surface area contributed by atoms with Gasteiger partial charge in [-0.25, -0.2) is 15.0 Å². The first kappa shape index (κ1) is 14.9. The Kier molecular flexibility index (Phi) is 3.57. The van der Waals surface area contributed by atoms with Gasteiger partial charge in [0.25, 0.3) is 0 Å². The lowest BCUT2D eigenvalue weighted by Crippen LogP contribution is -2.36. The number of aryl methyl sites for hydroxylation is 1. The van der Waals surface area contributed by atoms with E-state index in [1.165, 1.54) is 0 Å². The molecule has 0 spiro atoms. The van der Waals surface area contributed by atoms with E-state index >= 15 is 0 Å². The highest BCUT2D eigenvalue weighted by Crippen LogP contribution is 2.26. The quantitative estimate of drug-likeness (QED) is 0.666. The number of aromatic nitrogens is 4. The normalized spacial score (nSPS) is 16.0. The van der Waals surface area contributed by atoms with E-state index in [9.17, 15) is 5.11 Å². The Balaban J connectivity index is 0.00000182. The number of aliphatic hydroxyl groups is 1. The van der Waals surface area contributed by atoms with E-state index in [1.807, 2.05) is 25.1 Å². The van der Waals surface area contributed by atoms with Crippen LogP contribution in [0.1, 0.15) is 19.8 Å². The summed E-state index contributed by atoms with van der Waals surface area (Å²) in [6, 6.07) is 6.05. The number of H-pyrrole nitrogens is 1. The molecule has 24 heavy (non-hydrogen) atoms. The summed E-state index contributed by atoms with van der Waals surface area (Å²) < 4.78 is 0. The summed E-state index contributed by atoms with van der Waals surface area (Å²) in [5, 5.41) is 9.66. The summed E-state index contributed by atoms with van der Waals surface area (Å²) in [6.45, 7) is 3.57. The molecular formula is C17H22N6O. The smallest absolute Gasteiger partial charge is 0.161 e. The van der Waals surface area contributed by atoms with Crippen LogP contribution in [0.15, 0.2) is 24.4 Å². The fraction of sp³-hybridized carbons (Fsp3) is 0.353. The number of hydrogen-bond donors (Lipinski definition) is 3. The molecule has 126 valence electrons. The van der Waals surface area contributed by atoms with Gasteiger partial charge in [0.1, 0.15) is 5.82 Å². The van der Waals surface area contributed by atoms with Gasteiger partial charge in [-0.1, -0.05) is 6.07 Å². The average Bonchev–Trinajstić information content (AvgIpc) is 2.99. The zero-order chi connectivity index (χ0) is 16.7. The fourth-order valence-corrected chi connectivity index (χ4v) is 3.05. The second kappa shape index (κ2) is 5.76. The first-order valence-corrected chi connectivity index (χ1v) is 8.12. The number of fused-ring (bicyclic) bond motifs is 1. The number of nitrogens with one attached hydrogen (secondary N) is 1. The molecule has 0 bridgehead atoms. The molecule has 3 aromatic rings. The van der Waals surface area contributed by atoms with Crippen molar-refractivity contribution in [3.63, 3.8) is 0 Å². The summed E-state index contributed by atoms with van der Waals surface area (Å²) in [4.78, 5) is 18.9. The van der Waals surface area contributed by atoms with Crippen molar-refractivity contribution in [3.8, 4) is 11.5 Å². The van der Waals surface area contributed by atoms with Gasteiger partial charge >= 0.3 is 0 Å².